The summed E-state index contributed by atoms with van der Waals surface area (Å²) in [6.07, 6.45) is 7.54. The first-order valence-corrected chi connectivity index (χ1v) is 9.19. The third-order valence-corrected chi connectivity index (χ3v) is 4.91. The Bertz CT molecular complexity index is 854. The highest BCUT2D eigenvalue weighted by Gasteiger charge is 2.17. The van der Waals surface area contributed by atoms with Gasteiger partial charge in [-0.2, -0.15) is 0 Å². The van der Waals surface area contributed by atoms with Crippen molar-refractivity contribution in [2.45, 2.75) is 38.1 Å². The van der Waals surface area contributed by atoms with Gasteiger partial charge in [-0.1, -0.05) is 36.9 Å². The van der Waals surface area contributed by atoms with Crippen LogP contribution in [0.3, 0.4) is 0 Å². The van der Waals surface area contributed by atoms with Crippen molar-refractivity contribution >= 4 is 17.5 Å². The third kappa shape index (κ3) is 3.93. The van der Waals surface area contributed by atoms with Crippen LogP contribution in [0.5, 0.6) is 11.5 Å². The lowest BCUT2D eigenvalue weighted by atomic mass is 9.96. The second-order valence-electron chi connectivity index (χ2n) is 6.35. The number of pyridine rings is 1. The zero-order chi connectivity index (χ0) is 18.5. The molecule has 6 heteroatoms. The maximum atomic E-state index is 13.1. The standard InChI is InChI=1S/C20H23ClN2O3/c1-25-17-13-14(12-16(21)19(17)26-2)20(24)23-11-7-6-10-18(23)22-15-8-4-3-5-9-15/h6-7,10-13,15H,3-5,8-9H2,1-2H3. The quantitative estimate of drug-likeness (QED) is 0.810. The zero-order valence-electron chi connectivity index (χ0n) is 15.1. The summed E-state index contributed by atoms with van der Waals surface area (Å²) in [6.45, 7) is 0. The van der Waals surface area contributed by atoms with E-state index in [-0.39, 0.29) is 11.9 Å². The molecule has 5 nitrogen and oxygen atoms in total. The molecular formula is C20H23ClN2O3. The smallest absolute Gasteiger partial charge is 0.263 e. The van der Waals surface area contributed by atoms with Crippen molar-refractivity contribution in [1.29, 1.82) is 0 Å². The highest BCUT2D eigenvalue weighted by atomic mass is 35.5. The Balaban J connectivity index is 2.01. The summed E-state index contributed by atoms with van der Waals surface area (Å²) >= 11 is 6.25. The molecule has 2 aromatic rings. The van der Waals surface area contributed by atoms with E-state index < -0.39 is 0 Å². The minimum Gasteiger partial charge on any atom is -0.493 e. The Morgan fingerprint density at radius 1 is 1.15 bits per heavy atom. The molecule has 0 bridgehead atoms. The van der Waals surface area contributed by atoms with Gasteiger partial charge in [-0.3, -0.25) is 14.4 Å². The number of halogens is 1. The second-order valence-corrected chi connectivity index (χ2v) is 6.76. The van der Waals surface area contributed by atoms with Crippen LogP contribution in [-0.2, 0) is 0 Å². The van der Waals surface area contributed by atoms with E-state index in [4.69, 9.17) is 26.1 Å². The molecule has 0 amide bonds. The van der Waals surface area contributed by atoms with Gasteiger partial charge in [-0.25, -0.2) is 0 Å². The average molecular weight is 375 g/mol. The number of rotatable bonds is 4. The number of hydrogen-bond acceptors (Lipinski definition) is 4. The summed E-state index contributed by atoms with van der Waals surface area (Å²) in [6, 6.07) is 9.09. The Kier molecular flexibility index (Phi) is 5.99. The summed E-state index contributed by atoms with van der Waals surface area (Å²) in [5, 5.41) is 0.331. The van der Waals surface area contributed by atoms with Gasteiger partial charge < -0.3 is 9.47 Å². The van der Waals surface area contributed by atoms with Gasteiger partial charge in [0.25, 0.3) is 5.91 Å². The highest BCUT2D eigenvalue weighted by molar-refractivity contribution is 6.32. The van der Waals surface area contributed by atoms with Gasteiger partial charge in [0, 0.05) is 11.8 Å². The topological polar surface area (TPSA) is 52.8 Å². The number of hydrogen-bond donors (Lipinski definition) is 0. The molecule has 1 aromatic heterocycles. The van der Waals surface area contributed by atoms with E-state index in [0.717, 1.165) is 12.8 Å². The van der Waals surface area contributed by atoms with E-state index in [0.29, 0.717) is 27.6 Å². The first kappa shape index (κ1) is 18.5. The number of carbonyl (C=O) groups excluding carboxylic acids is 1. The van der Waals surface area contributed by atoms with Gasteiger partial charge in [-0.05, 0) is 37.1 Å². The lowest BCUT2D eigenvalue weighted by molar-refractivity contribution is 0.0954. The van der Waals surface area contributed by atoms with Gasteiger partial charge in [0.1, 0.15) is 5.49 Å². The van der Waals surface area contributed by atoms with Gasteiger partial charge in [0.05, 0.1) is 25.3 Å². The van der Waals surface area contributed by atoms with E-state index in [1.807, 2.05) is 18.2 Å². The maximum Gasteiger partial charge on any atom is 0.263 e. The van der Waals surface area contributed by atoms with Crippen LogP contribution in [0.15, 0.2) is 41.5 Å². The molecule has 1 aliphatic carbocycles. The molecule has 0 atom stereocenters. The Labute approximate surface area is 158 Å². The van der Waals surface area contributed by atoms with Gasteiger partial charge in [0.2, 0.25) is 0 Å². The van der Waals surface area contributed by atoms with E-state index in [1.165, 1.54) is 33.5 Å². The second kappa shape index (κ2) is 8.41. The SMILES string of the molecule is COc1cc(C(=O)n2ccccc2=NC2CCCCC2)cc(Cl)c1OC. The molecule has 1 aliphatic rings. The van der Waals surface area contributed by atoms with Crippen molar-refractivity contribution in [2.24, 2.45) is 4.99 Å². The lowest BCUT2D eigenvalue weighted by Gasteiger charge is -2.18. The normalized spacial score (nSPS) is 15.7. The van der Waals surface area contributed by atoms with Crippen LogP contribution < -0.4 is 15.0 Å². The van der Waals surface area contributed by atoms with Gasteiger partial charge in [0.15, 0.2) is 11.5 Å². The fraction of sp³-hybridized carbons (Fsp3) is 0.400. The fourth-order valence-corrected chi connectivity index (χ4v) is 3.58. The number of nitrogens with zero attached hydrogens (tertiary/aromatic N) is 2. The fourth-order valence-electron chi connectivity index (χ4n) is 3.29. The summed E-state index contributed by atoms with van der Waals surface area (Å²) < 4.78 is 12.1. The Hall–Kier alpha value is -2.27. The molecule has 0 radical (unpaired) electrons. The van der Waals surface area contributed by atoms with Crippen LogP contribution in [0.2, 0.25) is 5.02 Å². The predicted octanol–water partition coefficient (Wildman–Crippen LogP) is 4.08. The van der Waals surface area contributed by atoms with Crippen LogP contribution in [0, 0.1) is 0 Å². The minimum atomic E-state index is -0.206. The molecule has 0 unspecified atom stereocenters. The first-order chi connectivity index (χ1) is 12.6. The molecule has 138 valence electrons. The van der Waals surface area contributed by atoms with E-state index >= 15 is 0 Å². The molecule has 1 aromatic carbocycles. The summed E-state index contributed by atoms with van der Waals surface area (Å²) in [5.41, 5.74) is 1.08. The molecule has 3 rings (SSSR count). The number of methoxy groups -OCH3 is 2. The van der Waals surface area contributed by atoms with E-state index in [1.54, 1.807) is 22.9 Å². The molecule has 0 spiro atoms. The Morgan fingerprint density at radius 3 is 2.62 bits per heavy atom. The highest BCUT2D eigenvalue weighted by Crippen LogP contribution is 2.36. The van der Waals surface area contributed by atoms with Crippen LogP contribution in [-0.4, -0.2) is 30.7 Å². The zero-order valence-corrected chi connectivity index (χ0v) is 15.8. The molecule has 1 heterocycles. The molecule has 0 saturated heterocycles. The molecule has 0 aliphatic heterocycles. The summed E-state index contributed by atoms with van der Waals surface area (Å²) in [7, 11) is 3.03. The molecule has 26 heavy (non-hydrogen) atoms. The number of carbonyl (C=O) groups is 1. The largest absolute Gasteiger partial charge is 0.493 e. The van der Waals surface area contributed by atoms with Crippen molar-refractivity contribution in [3.05, 3.63) is 52.6 Å². The molecule has 1 fully saturated rings. The van der Waals surface area contributed by atoms with Crippen LogP contribution in [0.4, 0.5) is 0 Å². The average Bonchev–Trinajstić information content (AvgIpc) is 2.68. The van der Waals surface area contributed by atoms with Crippen molar-refractivity contribution in [3.63, 3.8) is 0 Å². The number of aromatic nitrogens is 1. The Morgan fingerprint density at radius 2 is 1.92 bits per heavy atom. The van der Waals surface area contributed by atoms with Crippen LogP contribution in [0.1, 0.15) is 42.5 Å². The maximum absolute atomic E-state index is 13.1. The molecule has 0 N–H and O–H groups in total. The van der Waals surface area contributed by atoms with Crippen LogP contribution >= 0.6 is 11.6 Å². The summed E-state index contributed by atoms with van der Waals surface area (Å²) in [4.78, 5) is 17.9. The summed E-state index contributed by atoms with van der Waals surface area (Å²) in [5.74, 6) is 0.629. The monoisotopic (exact) mass is 374 g/mol. The molecular weight excluding hydrogens is 352 g/mol. The van der Waals surface area contributed by atoms with Crippen LogP contribution in [0.25, 0.3) is 0 Å². The van der Waals surface area contributed by atoms with Crippen molar-refractivity contribution in [2.75, 3.05) is 14.2 Å². The number of ether oxygens (including phenoxy) is 2. The first-order valence-electron chi connectivity index (χ1n) is 8.81. The minimum absolute atomic E-state index is 0.206. The third-order valence-electron chi connectivity index (χ3n) is 4.63. The van der Waals surface area contributed by atoms with E-state index in [2.05, 4.69) is 0 Å². The van der Waals surface area contributed by atoms with Gasteiger partial charge in [-0.15, -0.1) is 0 Å². The predicted molar refractivity (Wildman–Crippen MR) is 101 cm³/mol. The van der Waals surface area contributed by atoms with Gasteiger partial charge >= 0.3 is 0 Å². The van der Waals surface area contributed by atoms with Crippen molar-refractivity contribution in [1.82, 2.24) is 4.57 Å². The van der Waals surface area contributed by atoms with E-state index in [9.17, 15) is 4.79 Å². The lowest BCUT2D eigenvalue weighted by Crippen LogP contribution is -2.29. The molecule has 1 saturated carbocycles. The number of benzene rings is 1. The van der Waals surface area contributed by atoms with Crippen molar-refractivity contribution < 1.29 is 14.3 Å². The van der Waals surface area contributed by atoms with Crippen molar-refractivity contribution in [3.8, 4) is 11.5 Å².